The van der Waals surface area contributed by atoms with Crippen molar-refractivity contribution >= 4 is 30.0 Å². The quantitative estimate of drug-likeness (QED) is 0.0250. The number of nitrogens with one attached hydrogen (secondary N) is 8. The molecule has 16 heteroatoms. The molecule has 0 radical (unpaired) electrons. The fourth-order valence-electron chi connectivity index (χ4n) is 4.84. The highest BCUT2D eigenvalue weighted by Gasteiger charge is 2.37. The van der Waals surface area contributed by atoms with E-state index in [1.807, 2.05) is 0 Å². The molecule has 0 fully saturated rings. The summed E-state index contributed by atoms with van der Waals surface area (Å²) in [5, 5.41) is 31.8. The average Bonchev–Trinajstić information content (AvgIpc) is 3.05. The standard InChI is InChI=1S/C32H80N12P4/c1-9-17-25-33-45(34-26-18-10-2)41-46(35-27-19-11-3,36-28-20-12-4)43-48(39-31-23-15-7,40-32-24-16-8)44-47(42-45,37-29-21-13-5)38-30-22-14-6/h33-40H,9-32H2,1-8H3. The first-order valence-electron chi connectivity index (χ1n) is 19.9. The van der Waals surface area contributed by atoms with Crippen LogP contribution < -0.4 is 40.7 Å². The summed E-state index contributed by atoms with van der Waals surface area (Å²) in [6, 6.07) is 0. The molecular weight excluding hydrogens is 676 g/mol. The molecule has 0 atom stereocenters. The van der Waals surface area contributed by atoms with Crippen molar-refractivity contribution in [2.75, 3.05) is 52.4 Å². The number of hydrogen-bond donors (Lipinski definition) is 8. The van der Waals surface area contributed by atoms with Gasteiger partial charge in [0.15, 0.2) is 0 Å². The molecule has 288 valence electrons. The first kappa shape index (κ1) is 46.6. The van der Waals surface area contributed by atoms with Gasteiger partial charge < -0.3 is 0 Å². The second-order valence-corrected chi connectivity index (χ2v) is 23.1. The van der Waals surface area contributed by atoms with Crippen LogP contribution in [0.5, 0.6) is 0 Å². The van der Waals surface area contributed by atoms with Crippen molar-refractivity contribution in [1.82, 2.24) is 40.7 Å². The third-order valence-corrected chi connectivity index (χ3v) is 21.5. The minimum Gasteiger partial charge on any atom is -0.253 e. The molecule has 0 aromatic carbocycles. The Labute approximate surface area is 298 Å². The van der Waals surface area contributed by atoms with E-state index in [0.717, 1.165) is 155 Å². The van der Waals surface area contributed by atoms with Crippen molar-refractivity contribution in [3.05, 3.63) is 0 Å². The highest BCUT2D eigenvalue weighted by atomic mass is 31.3. The van der Waals surface area contributed by atoms with Crippen LogP contribution in [0.1, 0.15) is 158 Å². The second-order valence-electron chi connectivity index (χ2n) is 12.9. The summed E-state index contributed by atoms with van der Waals surface area (Å²) in [4.78, 5) is 0. The summed E-state index contributed by atoms with van der Waals surface area (Å²) >= 11 is 0. The molecule has 0 amide bonds. The molecule has 0 aromatic rings. The van der Waals surface area contributed by atoms with Gasteiger partial charge in [-0.15, -0.1) is 0 Å². The molecule has 48 heavy (non-hydrogen) atoms. The van der Waals surface area contributed by atoms with Gasteiger partial charge in [-0.1, -0.05) is 107 Å². The summed E-state index contributed by atoms with van der Waals surface area (Å²) in [6.45, 7) is 24.9. The molecule has 1 rings (SSSR count). The van der Waals surface area contributed by atoms with Crippen LogP contribution in [0.25, 0.3) is 0 Å². The Kier molecular flexibility index (Phi) is 27.3. The van der Waals surface area contributed by atoms with Crippen LogP contribution >= 0.6 is 30.0 Å². The monoisotopic (exact) mass is 757 g/mol. The van der Waals surface area contributed by atoms with Gasteiger partial charge in [0, 0.05) is 52.4 Å². The fourth-order valence-corrected chi connectivity index (χ4v) is 21.0. The lowest BCUT2D eigenvalue weighted by atomic mass is 10.3. The first-order valence-corrected chi connectivity index (χ1v) is 26.7. The number of rotatable bonds is 32. The highest BCUT2D eigenvalue weighted by Crippen LogP contribution is 2.71. The van der Waals surface area contributed by atoms with E-state index in [9.17, 15) is 0 Å². The van der Waals surface area contributed by atoms with Crippen molar-refractivity contribution in [2.45, 2.75) is 158 Å². The highest BCUT2D eigenvalue weighted by molar-refractivity contribution is 7.83. The minimum absolute atomic E-state index is 0.855. The molecule has 1 heterocycles. The lowest BCUT2D eigenvalue weighted by Crippen LogP contribution is -2.32. The topological polar surface area (TPSA) is 146 Å². The van der Waals surface area contributed by atoms with Gasteiger partial charge in [0.25, 0.3) is 0 Å². The molecule has 0 saturated carbocycles. The average molecular weight is 757 g/mol. The van der Waals surface area contributed by atoms with E-state index < -0.39 is 30.0 Å². The third-order valence-electron chi connectivity index (χ3n) is 7.94. The van der Waals surface area contributed by atoms with Gasteiger partial charge in [0.1, 0.15) is 0 Å². The minimum atomic E-state index is -2.70. The Balaban J connectivity index is 4.43. The van der Waals surface area contributed by atoms with E-state index in [1.54, 1.807) is 0 Å². The molecule has 0 bridgehead atoms. The predicted octanol–water partition coefficient (Wildman–Crippen LogP) is 10.9. The molecular formula is C32H80N12P4. The van der Waals surface area contributed by atoms with Crippen molar-refractivity contribution in [2.24, 2.45) is 18.1 Å². The van der Waals surface area contributed by atoms with Crippen LogP contribution in [-0.4, -0.2) is 52.4 Å². The lowest BCUT2D eigenvalue weighted by molar-refractivity contribution is 0.723. The zero-order valence-electron chi connectivity index (χ0n) is 32.5. The molecule has 1 aliphatic rings. The van der Waals surface area contributed by atoms with E-state index >= 15 is 0 Å². The van der Waals surface area contributed by atoms with Crippen LogP contribution in [0.15, 0.2) is 18.1 Å². The SMILES string of the molecule is CCCCNP1(NCCCC)=NP(NCCCC)(NCCCC)=NP(NCCCC)(NCCCC)=NP(NCCCC)(NCCCC)=N1. The van der Waals surface area contributed by atoms with E-state index in [2.05, 4.69) is 96.1 Å². The van der Waals surface area contributed by atoms with Gasteiger partial charge in [-0.25, -0.2) is 0 Å². The molecule has 0 unspecified atom stereocenters. The van der Waals surface area contributed by atoms with Gasteiger partial charge >= 0.3 is 0 Å². The molecule has 0 aromatic heterocycles. The van der Waals surface area contributed by atoms with Gasteiger partial charge in [0.05, 0.1) is 0 Å². The molecule has 8 N–H and O–H groups in total. The van der Waals surface area contributed by atoms with Crippen molar-refractivity contribution in [3.8, 4) is 0 Å². The fraction of sp³-hybridized carbons (Fsp3) is 1.00. The Morgan fingerprint density at radius 3 is 0.479 bits per heavy atom. The molecule has 12 nitrogen and oxygen atoms in total. The summed E-state index contributed by atoms with van der Waals surface area (Å²) in [5.74, 6) is 0. The van der Waals surface area contributed by atoms with Crippen molar-refractivity contribution in [3.63, 3.8) is 0 Å². The van der Waals surface area contributed by atoms with Crippen LogP contribution in [0.3, 0.4) is 0 Å². The largest absolute Gasteiger partial charge is 0.253 e. The number of unbranched alkanes of at least 4 members (excludes halogenated alkanes) is 8. The maximum atomic E-state index is 5.97. The van der Waals surface area contributed by atoms with Gasteiger partial charge in [-0.3, -0.25) is 40.7 Å². The van der Waals surface area contributed by atoms with Gasteiger partial charge in [0.2, 0.25) is 30.0 Å². The van der Waals surface area contributed by atoms with Crippen LogP contribution in [0, 0.1) is 0 Å². The van der Waals surface area contributed by atoms with E-state index in [4.69, 9.17) is 18.1 Å². The van der Waals surface area contributed by atoms with E-state index in [0.29, 0.717) is 0 Å². The molecule has 0 saturated heterocycles. The maximum Gasteiger partial charge on any atom is 0.215 e. The van der Waals surface area contributed by atoms with Gasteiger partial charge in [-0.05, 0) is 51.4 Å². The molecule has 0 aliphatic carbocycles. The number of hydrogen-bond acceptors (Lipinski definition) is 12. The Morgan fingerprint density at radius 2 is 0.375 bits per heavy atom. The van der Waals surface area contributed by atoms with Crippen LogP contribution in [0.4, 0.5) is 0 Å². The van der Waals surface area contributed by atoms with Crippen molar-refractivity contribution in [1.29, 1.82) is 0 Å². The normalized spacial score (nSPS) is 17.8. The third kappa shape index (κ3) is 18.4. The second kappa shape index (κ2) is 28.1. The summed E-state index contributed by atoms with van der Waals surface area (Å²) < 4.78 is 23.9. The van der Waals surface area contributed by atoms with Crippen LogP contribution in [0.2, 0.25) is 0 Å². The maximum absolute atomic E-state index is 5.97. The Morgan fingerprint density at radius 1 is 0.250 bits per heavy atom. The lowest BCUT2D eigenvalue weighted by Gasteiger charge is -2.38. The zero-order chi connectivity index (χ0) is 35.5. The number of nitrogens with zero attached hydrogens (tertiary/aromatic N) is 4. The summed E-state index contributed by atoms with van der Waals surface area (Å²) in [5.41, 5.74) is 0. The van der Waals surface area contributed by atoms with Crippen molar-refractivity contribution < 1.29 is 0 Å². The Bertz CT molecular complexity index is 799. The van der Waals surface area contributed by atoms with E-state index in [1.165, 1.54) is 0 Å². The van der Waals surface area contributed by atoms with Gasteiger partial charge in [-0.2, -0.15) is 18.1 Å². The summed E-state index contributed by atoms with van der Waals surface area (Å²) in [7, 11) is -10.8. The Hall–Kier alpha value is 0.600. The van der Waals surface area contributed by atoms with E-state index in [-0.39, 0.29) is 0 Å². The zero-order valence-corrected chi connectivity index (χ0v) is 36.1. The summed E-state index contributed by atoms with van der Waals surface area (Å²) in [6.07, 6.45) is 17.5. The first-order chi connectivity index (χ1) is 23.3. The smallest absolute Gasteiger partial charge is 0.215 e. The molecule has 0 spiro atoms. The predicted molar refractivity (Wildman–Crippen MR) is 221 cm³/mol. The van der Waals surface area contributed by atoms with Crippen LogP contribution in [-0.2, 0) is 0 Å². The molecule has 1 aliphatic heterocycles.